The lowest BCUT2D eigenvalue weighted by atomic mass is 10.0. The van der Waals surface area contributed by atoms with Crippen LogP contribution in [0, 0.1) is 21.8 Å². The fourth-order valence-corrected chi connectivity index (χ4v) is 2.06. The molecule has 0 saturated carbocycles. The van der Waals surface area contributed by atoms with Crippen molar-refractivity contribution in [2.75, 3.05) is 25.6 Å². The van der Waals surface area contributed by atoms with Crippen LogP contribution in [0.15, 0.2) is 18.2 Å². The highest BCUT2D eigenvalue weighted by atomic mass is 19.1. The van der Waals surface area contributed by atoms with Crippen LogP contribution in [0.2, 0.25) is 0 Å². The first-order valence-electron chi connectivity index (χ1n) is 6.02. The highest BCUT2D eigenvalue weighted by Gasteiger charge is 2.33. The topological polar surface area (TPSA) is 93.5 Å². The Bertz CT molecular complexity index is 537. The Morgan fingerprint density at radius 2 is 2.25 bits per heavy atom. The molecule has 1 aromatic rings. The van der Waals surface area contributed by atoms with Gasteiger partial charge in [-0.05, 0) is 19.2 Å². The molecule has 1 fully saturated rings. The Kier molecular flexibility index (Phi) is 4.26. The van der Waals surface area contributed by atoms with Crippen molar-refractivity contribution in [1.82, 2.24) is 5.32 Å². The fourth-order valence-electron chi connectivity index (χ4n) is 2.06. The van der Waals surface area contributed by atoms with Crippen LogP contribution >= 0.6 is 0 Å². The summed E-state index contributed by atoms with van der Waals surface area (Å²) in [5.74, 6) is -1.64. The summed E-state index contributed by atoms with van der Waals surface area (Å²) in [4.78, 5) is 21.9. The molecule has 2 unspecified atom stereocenters. The summed E-state index contributed by atoms with van der Waals surface area (Å²) in [6.07, 6.45) is 0. The molecule has 0 radical (unpaired) electrons. The molecule has 2 N–H and O–H groups in total. The minimum absolute atomic E-state index is 0.106. The van der Waals surface area contributed by atoms with Gasteiger partial charge in [0.15, 0.2) is 0 Å². The van der Waals surface area contributed by atoms with Crippen LogP contribution in [0.3, 0.4) is 0 Å². The number of nitrogens with zero attached hydrogens (tertiary/aromatic N) is 1. The van der Waals surface area contributed by atoms with E-state index in [1.165, 1.54) is 6.07 Å². The number of amides is 1. The van der Waals surface area contributed by atoms with Gasteiger partial charge < -0.3 is 15.4 Å². The first-order chi connectivity index (χ1) is 9.52. The smallest absolute Gasteiger partial charge is 0.306 e. The average molecular weight is 283 g/mol. The number of hydrogen-bond donors (Lipinski definition) is 2. The molecule has 1 aromatic carbocycles. The van der Waals surface area contributed by atoms with Crippen molar-refractivity contribution in [1.29, 1.82) is 0 Å². The fraction of sp³-hybridized carbons (Fsp3) is 0.417. The first-order valence-corrected chi connectivity index (χ1v) is 6.02. The Morgan fingerprint density at radius 3 is 2.90 bits per heavy atom. The van der Waals surface area contributed by atoms with Gasteiger partial charge in [-0.2, -0.15) is 4.39 Å². The zero-order valence-electron chi connectivity index (χ0n) is 10.8. The Labute approximate surface area is 114 Å². The lowest BCUT2D eigenvalue weighted by Gasteiger charge is -2.16. The molecule has 1 saturated heterocycles. The molecular weight excluding hydrogens is 269 g/mol. The normalized spacial score (nSPS) is 21.7. The van der Waals surface area contributed by atoms with Gasteiger partial charge in [-0.3, -0.25) is 14.9 Å². The van der Waals surface area contributed by atoms with Crippen molar-refractivity contribution in [2.24, 2.45) is 5.92 Å². The number of anilines is 1. The van der Waals surface area contributed by atoms with E-state index in [9.17, 15) is 19.3 Å². The van der Waals surface area contributed by atoms with E-state index >= 15 is 0 Å². The third-order valence-electron chi connectivity index (χ3n) is 3.20. The van der Waals surface area contributed by atoms with Crippen LogP contribution in [-0.2, 0) is 9.53 Å². The number of halogens is 1. The van der Waals surface area contributed by atoms with Crippen LogP contribution in [0.4, 0.5) is 15.8 Å². The third-order valence-corrected chi connectivity index (χ3v) is 3.20. The van der Waals surface area contributed by atoms with E-state index in [-0.39, 0.29) is 30.2 Å². The molecular formula is C12H14FN3O4. The number of benzene rings is 1. The molecule has 2 rings (SSSR count). The van der Waals surface area contributed by atoms with Crippen molar-refractivity contribution in [2.45, 2.75) is 6.04 Å². The molecule has 0 bridgehead atoms. The predicted octanol–water partition coefficient (Wildman–Crippen LogP) is 0.907. The molecule has 0 aliphatic carbocycles. The van der Waals surface area contributed by atoms with Crippen molar-refractivity contribution in [3.63, 3.8) is 0 Å². The Balaban J connectivity index is 2.12. The second kappa shape index (κ2) is 5.93. The van der Waals surface area contributed by atoms with Gasteiger partial charge in [0.1, 0.15) is 0 Å². The molecule has 108 valence electrons. The van der Waals surface area contributed by atoms with E-state index in [0.29, 0.717) is 6.61 Å². The monoisotopic (exact) mass is 283 g/mol. The van der Waals surface area contributed by atoms with E-state index in [1.807, 2.05) is 0 Å². The molecule has 0 aromatic heterocycles. The van der Waals surface area contributed by atoms with Gasteiger partial charge in [0, 0.05) is 17.8 Å². The number of likely N-dealkylation sites (N-methyl/N-ethyl adjacent to an activating group) is 1. The number of ether oxygens (including phenoxy) is 1. The number of nitro groups is 1. The van der Waals surface area contributed by atoms with Gasteiger partial charge in [-0.15, -0.1) is 0 Å². The number of carbonyl (C=O) groups is 1. The summed E-state index contributed by atoms with van der Waals surface area (Å²) in [7, 11) is 1.72. The summed E-state index contributed by atoms with van der Waals surface area (Å²) >= 11 is 0. The van der Waals surface area contributed by atoms with Gasteiger partial charge in [0.2, 0.25) is 11.7 Å². The van der Waals surface area contributed by atoms with Gasteiger partial charge in [0.05, 0.1) is 24.1 Å². The third kappa shape index (κ3) is 2.91. The second-order valence-corrected chi connectivity index (χ2v) is 4.45. The maximum Gasteiger partial charge on any atom is 0.306 e. The zero-order valence-corrected chi connectivity index (χ0v) is 10.8. The van der Waals surface area contributed by atoms with Crippen LogP contribution in [0.25, 0.3) is 0 Å². The summed E-state index contributed by atoms with van der Waals surface area (Å²) in [5.41, 5.74) is -0.486. The molecule has 2 atom stereocenters. The van der Waals surface area contributed by atoms with E-state index in [4.69, 9.17) is 4.74 Å². The quantitative estimate of drug-likeness (QED) is 0.632. The highest BCUT2D eigenvalue weighted by molar-refractivity contribution is 5.93. The van der Waals surface area contributed by atoms with Crippen molar-refractivity contribution in [3.8, 4) is 0 Å². The standard InChI is InChI=1S/C12H14FN3O4/c1-14-10-6-20-5-8(10)12(17)15-7-2-3-9(13)11(4-7)16(18)19/h2-4,8,10,14H,5-6H2,1H3,(H,15,17). The number of nitrogens with one attached hydrogen (secondary N) is 2. The number of nitro benzene ring substituents is 1. The zero-order chi connectivity index (χ0) is 14.7. The van der Waals surface area contributed by atoms with Crippen LogP contribution in [-0.4, -0.2) is 37.1 Å². The maximum atomic E-state index is 13.2. The molecule has 1 aliphatic rings. The van der Waals surface area contributed by atoms with Crippen LogP contribution in [0.5, 0.6) is 0 Å². The lowest BCUT2D eigenvalue weighted by Crippen LogP contribution is -2.39. The van der Waals surface area contributed by atoms with Gasteiger partial charge in [0.25, 0.3) is 0 Å². The van der Waals surface area contributed by atoms with Crippen molar-refractivity contribution in [3.05, 3.63) is 34.1 Å². The van der Waals surface area contributed by atoms with E-state index in [1.54, 1.807) is 7.05 Å². The maximum absolute atomic E-state index is 13.2. The first kappa shape index (κ1) is 14.4. The molecule has 7 nitrogen and oxygen atoms in total. The molecule has 1 aliphatic heterocycles. The van der Waals surface area contributed by atoms with Gasteiger partial charge in [-0.1, -0.05) is 0 Å². The second-order valence-electron chi connectivity index (χ2n) is 4.45. The molecule has 8 heteroatoms. The Morgan fingerprint density at radius 1 is 1.50 bits per heavy atom. The number of rotatable bonds is 4. The minimum Gasteiger partial charge on any atom is -0.379 e. The van der Waals surface area contributed by atoms with Gasteiger partial charge in [-0.25, -0.2) is 0 Å². The Hall–Kier alpha value is -2.06. The predicted molar refractivity (Wildman–Crippen MR) is 68.8 cm³/mol. The van der Waals surface area contributed by atoms with E-state index < -0.39 is 16.4 Å². The van der Waals surface area contributed by atoms with E-state index in [2.05, 4.69) is 10.6 Å². The highest BCUT2D eigenvalue weighted by Crippen LogP contribution is 2.23. The summed E-state index contributed by atoms with van der Waals surface area (Å²) in [6, 6.07) is 3.13. The SMILES string of the molecule is CNC1COCC1C(=O)Nc1ccc(F)c([N+](=O)[O-])c1. The number of carbonyl (C=O) groups excluding carboxylic acids is 1. The van der Waals surface area contributed by atoms with Gasteiger partial charge >= 0.3 is 5.69 Å². The average Bonchev–Trinajstić information content (AvgIpc) is 2.89. The largest absolute Gasteiger partial charge is 0.379 e. The molecule has 20 heavy (non-hydrogen) atoms. The summed E-state index contributed by atoms with van der Waals surface area (Å²) < 4.78 is 18.4. The van der Waals surface area contributed by atoms with Crippen LogP contribution in [0.1, 0.15) is 0 Å². The molecule has 1 heterocycles. The lowest BCUT2D eigenvalue weighted by molar-refractivity contribution is -0.387. The van der Waals surface area contributed by atoms with Crippen molar-refractivity contribution >= 4 is 17.3 Å². The summed E-state index contributed by atoms with van der Waals surface area (Å²) in [6.45, 7) is 0.707. The summed E-state index contributed by atoms with van der Waals surface area (Å²) in [5, 5.41) is 16.1. The molecule has 0 spiro atoms. The molecule has 1 amide bonds. The van der Waals surface area contributed by atoms with Crippen molar-refractivity contribution < 1.29 is 18.8 Å². The number of hydrogen-bond acceptors (Lipinski definition) is 5. The minimum atomic E-state index is -0.940. The van der Waals surface area contributed by atoms with Crippen LogP contribution < -0.4 is 10.6 Å². The van der Waals surface area contributed by atoms with E-state index in [0.717, 1.165) is 12.1 Å².